The number of esters is 1. The monoisotopic (exact) mass is 595 g/mol. The van der Waals surface area contributed by atoms with Gasteiger partial charge in [0.1, 0.15) is 17.9 Å². The van der Waals surface area contributed by atoms with Gasteiger partial charge in [0.25, 0.3) is 0 Å². The fourth-order valence-corrected chi connectivity index (χ4v) is 5.21. The largest absolute Gasteiger partial charge is 0.462 e. The summed E-state index contributed by atoms with van der Waals surface area (Å²) in [5.41, 5.74) is 6.90. The van der Waals surface area contributed by atoms with Gasteiger partial charge in [-0.1, -0.05) is 24.3 Å². The number of ether oxygens (including phenoxy) is 1. The molecule has 40 heavy (non-hydrogen) atoms. The van der Waals surface area contributed by atoms with E-state index in [1.165, 1.54) is 43.0 Å². The fourth-order valence-electron chi connectivity index (χ4n) is 3.47. The third-order valence-electron chi connectivity index (χ3n) is 5.70. The van der Waals surface area contributed by atoms with Gasteiger partial charge in [0.05, 0.1) is 23.2 Å². The van der Waals surface area contributed by atoms with E-state index in [0.29, 0.717) is 11.3 Å². The Morgan fingerprint density at radius 3 is 2.20 bits per heavy atom. The molecule has 7 N–H and O–H groups in total. The van der Waals surface area contributed by atoms with Gasteiger partial charge in [0.15, 0.2) is 0 Å². The van der Waals surface area contributed by atoms with Crippen molar-refractivity contribution < 1.29 is 34.1 Å². The molecule has 220 valence electrons. The van der Waals surface area contributed by atoms with E-state index in [4.69, 9.17) is 15.9 Å². The summed E-state index contributed by atoms with van der Waals surface area (Å²) in [4.78, 5) is 37.6. The summed E-state index contributed by atoms with van der Waals surface area (Å²) in [5, 5.41) is 23.0. The lowest BCUT2D eigenvalue weighted by molar-refractivity contribution is -0.131. The van der Waals surface area contributed by atoms with E-state index in [-0.39, 0.29) is 37.3 Å². The van der Waals surface area contributed by atoms with Crippen molar-refractivity contribution in [3.8, 4) is 0 Å². The molecule has 0 radical (unpaired) electrons. The number of nitrogens with one attached hydrogen (secondary N) is 4. The molecule has 0 bridgehead atoms. The van der Waals surface area contributed by atoms with Crippen LogP contribution in [0.15, 0.2) is 53.4 Å². The summed E-state index contributed by atoms with van der Waals surface area (Å²) in [7, 11) is -4.28. The summed E-state index contributed by atoms with van der Waals surface area (Å²) in [6.07, 6.45) is 0.668. The molecule has 12 nitrogen and oxygen atoms in total. The van der Waals surface area contributed by atoms with Crippen molar-refractivity contribution in [2.45, 2.75) is 49.9 Å². The van der Waals surface area contributed by atoms with E-state index in [0.717, 1.165) is 5.56 Å². The highest BCUT2D eigenvalue weighted by Crippen LogP contribution is 2.13. The first-order valence-corrected chi connectivity index (χ1v) is 15.2. The molecule has 2 aromatic carbocycles. The first-order chi connectivity index (χ1) is 18.9. The minimum atomic E-state index is -4.28. The molecule has 1 unspecified atom stereocenters. The summed E-state index contributed by atoms with van der Waals surface area (Å²) in [6.45, 7) is 3.21. The van der Waals surface area contributed by atoms with Crippen molar-refractivity contribution in [1.29, 1.82) is 5.41 Å². The standard InChI is InChI=1S/C26H35N5O7S2.H2/c1-4-38-26(35)19-9-11-20(12-10-19)40(36,37)31-22(16(2)32)25(34)30-21(13-14-39-3)24(33)29-15-17-5-7-18(8-6-17)23(27)28;/h5-12,16,21-22,31-32H,4,13-15H2,1-3H3,(H3,27,28)(H,29,33)(H,30,34);1H/t16?,21-,22+;/m0./s1. The Labute approximate surface area is 239 Å². The molecule has 0 saturated carbocycles. The molecule has 0 aliphatic rings. The molecular weight excluding hydrogens is 558 g/mol. The number of amidine groups is 1. The minimum absolute atomic E-state index is 0. The van der Waals surface area contributed by atoms with E-state index in [9.17, 15) is 27.9 Å². The second-order valence-electron chi connectivity index (χ2n) is 8.76. The minimum Gasteiger partial charge on any atom is -0.462 e. The number of carbonyl (C=O) groups excluding carboxylic acids is 3. The summed E-state index contributed by atoms with van der Waals surface area (Å²) < 4.78 is 33.0. The van der Waals surface area contributed by atoms with Crippen LogP contribution in [0.4, 0.5) is 0 Å². The first-order valence-electron chi connectivity index (χ1n) is 12.4. The van der Waals surface area contributed by atoms with Gasteiger partial charge >= 0.3 is 5.97 Å². The van der Waals surface area contributed by atoms with Crippen LogP contribution in [0, 0.1) is 5.41 Å². The number of hydrogen-bond donors (Lipinski definition) is 6. The van der Waals surface area contributed by atoms with Gasteiger partial charge in [-0.15, -0.1) is 0 Å². The number of hydrogen-bond acceptors (Lipinski definition) is 9. The maximum atomic E-state index is 13.1. The quantitative estimate of drug-likeness (QED) is 0.0986. The van der Waals surface area contributed by atoms with Gasteiger partial charge in [0, 0.05) is 13.5 Å². The molecule has 0 aliphatic carbocycles. The van der Waals surface area contributed by atoms with Crippen LogP contribution in [0.1, 0.15) is 43.2 Å². The molecule has 0 spiro atoms. The topological polar surface area (TPSA) is 201 Å². The van der Waals surface area contributed by atoms with Crippen molar-refractivity contribution in [1.82, 2.24) is 15.4 Å². The number of nitrogen functional groups attached to an aromatic ring is 1. The predicted octanol–water partition coefficient (Wildman–Crippen LogP) is 0.975. The van der Waals surface area contributed by atoms with Gasteiger partial charge in [-0.25, -0.2) is 13.2 Å². The Balaban J connectivity index is 0.00000840. The Hall–Kier alpha value is -3.46. The number of thioether (sulfide) groups is 1. The van der Waals surface area contributed by atoms with Crippen LogP contribution in [-0.4, -0.2) is 73.9 Å². The van der Waals surface area contributed by atoms with Crippen LogP contribution in [-0.2, 0) is 30.9 Å². The molecule has 2 rings (SSSR count). The highest BCUT2D eigenvalue weighted by Gasteiger charge is 2.32. The van der Waals surface area contributed by atoms with Crippen molar-refractivity contribution in [3.05, 3.63) is 65.2 Å². The van der Waals surface area contributed by atoms with Crippen LogP contribution in [0.25, 0.3) is 0 Å². The first kappa shape index (κ1) is 32.8. The summed E-state index contributed by atoms with van der Waals surface area (Å²) in [5.74, 6) is -1.52. The van der Waals surface area contributed by atoms with Crippen molar-refractivity contribution >= 4 is 45.4 Å². The van der Waals surface area contributed by atoms with Crippen LogP contribution in [0.2, 0.25) is 0 Å². The second-order valence-corrected chi connectivity index (χ2v) is 11.5. The number of aliphatic hydroxyl groups is 1. The fraction of sp³-hybridized carbons (Fsp3) is 0.385. The predicted molar refractivity (Wildman–Crippen MR) is 155 cm³/mol. The number of rotatable bonds is 15. The molecule has 0 aromatic heterocycles. The Kier molecular flexibility index (Phi) is 12.6. The lowest BCUT2D eigenvalue weighted by atomic mass is 10.1. The molecule has 0 fully saturated rings. The molecule has 0 aliphatic heterocycles. The van der Waals surface area contributed by atoms with Crippen LogP contribution in [0.3, 0.4) is 0 Å². The van der Waals surface area contributed by atoms with Crippen LogP contribution >= 0.6 is 11.8 Å². The molecule has 3 atom stereocenters. The van der Waals surface area contributed by atoms with Crippen LogP contribution < -0.4 is 21.1 Å². The lowest BCUT2D eigenvalue weighted by Gasteiger charge is -2.24. The normalized spacial score (nSPS) is 13.5. The number of nitrogens with two attached hydrogens (primary N) is 1. The van der Waals surface area contributed by atoms with Crippen molar-refractivity contribution in [3.63, 3.8) is 0 Å². The SMILES string of the molecule is CCOC(=O)c1ccc(S(=O)(=O)N[C@@H](C(=O)N[C@@H](CCSC)C(=O)NCc2ccc(C(=N)N)cc2)C(C)O)cc1.[HH]. The van der Waals surface area contributed by atoms with E-state index in [1.54, 1.807) is 31.2 Å². The lowest BCUT2D eigenvalue weighted by Crippen LogP contribution is -2.57. The van der Waals surface area contributed by atoms with Crippen molar-refractivity contribution in [2.24, 2.45) is 5.73 Å². The third-order valence-corrected chi connectivity index (χ3v) is 7.80. The maximum Gasteiger partial charge on any atom is 0.338 e. The molecule has 2 aromatic rings. The Bertz CT molecular complexity index is 1290. The van der Waals surface area contributed by atoms with Gasteiger partial charge in [-0.05, 0) is 62.1 Å². The summed E-state index contributed by atoms with van der Waals surface area (Å²) in [6, 6.07) is 9.06. The molecular formula is C26H37N5O7S2. The highest BCUT2D eigenvalue weighted by molar-refractivity contribution is 7.98. The number of aliphatic hydroxyl groups excluding tert-OH is 1. The molecule has 0 saturated heterocycles. The molecule has 0 heterocycles. The molecule has 2 amide bonds. The van der Waals surface area contributed by atoms with Crippen molar-refractivity contribution in [2.75, 3.05) is 18.6 Å². The van der Waals surface area contributed by atoms with E-state index >= 15 is 0 Å². The zero-order chi connectivity index (χ0) is 29.9. The smallest absolute Gasteiger partial charge is 0.338 e. The number of carbonyl (C=O) groups is 3. The zero-order valence-electron chi connectivity index (χ0n) is 22.5. The van der Waals surface area contributed by atoms with Crippen LogP contribution in [0.5, 0.6) is 0 Å². The maximum absolute atomic E-state index is 13.1. The highest BCUT2D eigenvalue weighted by atomic mass is 32.2. The average Bonchev–Trinajstić information content (AvgIpc) is 2.92. The molecule has 14 heteroatoms. The zero-order valence-corrected chi connectivity index (χ0v) is 24.1. The second kappa shape index (κ2) is 15.4. The number of benzene rings is 2. The summed E-state index contributed by atoms with van der Waals surface area (Å²) >= 11 is 1.46. The number of sulfonamides is 1. The van der Waals surface area contributed by atoms with Gasteiger partial charge < -0.3 is 26.2 Å². The van der Waals surface area contributed by atoms with E-state index in [2.05, 4.69) is 15.4 Å². The number of amides is 2. The third kappa shape index (κ3) is 9.62. The van der Waals surface area contributed by atoms with Gasteiger partial charge in [0.2, 0.25) is 21.8 Å². The average molecular weight is 596 g/mol. The van der Waals surface area contributed by atoms with Gasteiger partial charge in [-0.3, -0.25) is 15.0 Å². The Morgan fingerprint density at radius 1 is 1.07 bits per heavy atom. The van der Waals surface area contributed by atoms with E-state index in [1.807, 2.05) is 6.26 Å². The van der Waals surface area contributed by atoms with Gasteiger partial charge in [-0.2, -0.15) is 16.5 Å². The van der Waals surface area contributed by atoms with E-state index < -0.39 is 46.0 Å². The Morgan fingerprint density at radius 2 is 1.68 bits per heavy atom.